The average molecular weight is 266 g/mol. The minimum absolute atomic E-state index is 0.404. The van der Waals surface area contributed by atoms with Gasteiger partial charge in [0.15, 0.2) is 6.29 Å². The molecule has 0 fully saturated rings. The van der Waals surface area contributed by atoms with E-state index in [0.717, 1.165) is 5.56 Å². The molecule has 0 aromatic carbocycles. The van der Waals surface area contributed by atoms with E-state index < -0.39 is 0 Å². The molecule has 1 heterocycles. The van der Waals surface area contributed by atoms with Crippen molar-refractivity contribution in [2.75, 3.05) is 27.2 Å². The zero-order valence-corrected chi connectivity index (χ0v) is 12.8. The molecule has 108 valence electrons. The Kier molecular flexibility index (Phi) is 9.71. The Morgan fingerprint density at radius 2 is 1.84 bits per heavy atom. The van der Waals surface area contributed by atoms with E-state index in [0.29, 0.717) is 17.9 Å². The number of rotatable bonds is 6. The van der Waals surface area contributed by atoms with Crippen molar-refractivity contribution in [3.63, 3.8) is 0 Å². The fourth-order valence-electron chi connectivity index (χ4n) is 1.70. The lowest BCUT2D eigenvalue weighted by molar-refractivity contribution is 0.111. The first-order valence-electron chi connectivity index (χ1n) is 6.73. The molecule has 0 aliphatic carbocycles. The molecule has 0 saturated carbocycles. The molecule has 19 heavy (non-hydrogen) atoms. The van der Waals surface area contributed by atoms with Gasteiger partial charge in [0, 0.05) is 6.07 Å². The highest BCUT2D eigenvalue weighted by Gasteiger charge is 1.97. The van der Waals surface area contributed by atoms with Crippen molar-refractivity contribution in [3.05, 3.63) is 23.4 Å². The SMILES string of the molecule is CCCN(C)CCC.COc1cc(C)cc(C=O)n1. The number of methoxy groups -OCH3 is 1. The van der Waals surface area contributed by atoms with Crippen LogP contribution in [0.1, 0.15) is 42.7 Å². The molecule has 0 spiro atoms. The average Bonchev–Trinajstić information content (AvgIpc) is 2.39. The van der Waals surface area contributed by atoms with Gasteiger partial charge in [-0.2, -0.15) is 0 Å². The zero-order chi connectivity index (χ0) is 14.7. The van der Waals surface area contributed by atoms with Crippen molar-refractivity contribution in [1.82, 2.24) is 9.88 Å². The molecule has 0 aliphatic heterocycles. The van der Waals surface area contributed by atoms with Crippen molar-refractivity contribution in [1.29, 1.82) is 0 Å². The standard InChI is InChI=1S/C8H9NO2.C7H17N/c1-6-3-7(5-10)9-8(4-6)11-2;1-4-6-8(3)7-5-2/h3-5H,1-2H3;4-7H2,1-3H3. The van der Waals surface area contributed by atoms with E-state index >= 15 is 0 Å². The second kappa shape index (κ2) is 10.5. The van der Waals surface area contributed by atoms with Crippen LogP contribution in [-0.2, 0) is 0 Å². The first kappa shape index (κ1) is 17.6. The second-order valence-electron chi connectivity index (χ2n) is 4.53. The summed E-state index contributed by atoms with van der Waals surface area (Å²) in [4.78, 5) is 16.6. The first-order valence-corrected chi connectivity index (χ1v) is 6.73. The van der Waals surface area contributed by atoms with Crippen molar-refractivity contribution >= 4 is 6.29 Å². The molecular weight excluding hydrogens is 240 g/mol. The Labute approximate surface area is 116 Å². The molecule has 1 aromatic heterocycles. The molecule has 4 nitrogen and oxygen atoms in total. The van der Waals surface area contributed by atoms with Crippen LogP contribution in [0.25, 0.3) is 0 Å². The van der Waals surface area contributed by atoms with E-state index in [2.05, 4.69) is 30.8 Å². The highest BCUT2D eigenvalue weighted by Crippen LogP contribution is 2.09. The largest absolute Gasteiger partial charge is 0.481 e. The number of carbonyl (C=O) groups is 1. The molecule has 0 bridgehead atoms. The number of carbonyl (C=O) groups excluding carboxylic acids is 1. The van der Waals surface area contributed by atoms with Gasteiger partial charge in [0.2, 0.25) is 5.88 Å². The van der Waals surface area contributed by atoms with Gasteiger partial charge < -0.3 is 9.64 Å². The third-order valence-electron chi connectivity index (χ3n) is 2.51. The van der Waals surface area contributed by atoms with E-state index in [1.165, 1.54) is 33.0 Å². The van der Waals surface area contributed by atoms with Gasteiger partial charge in [0.25, 0.3) is 0 Å². The predicted octanol–water partition coefficient (Wildman–Crippen LogP) is 2.95. The highest BCUT2D eigenvalue weighted by atomic mass is 16.5. The minimum Gasteiger partial charge on any atom is -0.481 e. The van der Waals surface area contributed by atoms with Gasteiger partial charge in [0.1, 0.15) is 5.69 Å². The van der Waals surface area contributed by atoms with Crippen LogP contribution in [0.4, 0.5) is 0 Å². The minimum atomic E-state index is 0.404. The van der Waals surface area contributed by atoms with Gasteiger partial charge in [-0.15, -0.1) is 0 Å². The summed E-state index contributed by atoms with van der Waals surface area (Å²) in [7, 11) is 3.70. The van der Waals surface area contributed by atoms with E-state index in [4.69, 9.17) is 4.74 Å². The van der Waals surface area contributed by atoms with Crippen LogP contribution in [0.3, 0.4) is 0 Å². The Bertz CT molecular complexity index is 361. The maximum Gasteiger partial charge on any atom is 0.213 e. The summed E-state index contributed by atoms with van der Waals surface area (Å²) < 4.78 is 4.87. The Balaban J connectivity index is 0.000000362. The van der Waals surface area contributed by atoms with Gasteiger partial charge in [0.05, 0.1) is 7.11 Å². The summed E-state index contributed by atoms with van der Waals surface area (Å²) in [6.45, 7) is 8.80. The zero-order valence-electron chi connectivity index (χ0n) is 12.8. The molecule has 0 amide bonds. The fraction of sp³-hybridized carbons (Fsp3) is 0.600. The molecule has 0 unspecified atom stereocenters. The number of nitrogens with zero attached hydrogens (tertiary/aromatic N) is 2. The highest BCUT2D eigenvalue weighted by molar-refractivity contribution is 5.72. The second-order valence-corrected chi connectivity index (χ2v) is 4.53. The molecule has 1 aromatic rings. The maximum absolute atomic E-state index is 10.3. The molecule has 0 aliphatic rings. The number of ether oxygens (including phenoxy) is 1. The van der Waals surface area contributed by atoms with Crippen LogP contribution in [0.5, 0.6) is 5.88 Å². The first-order chi connectivity index (χ1) is 9.07. The Hall–Kier alpha value is -1.42. The molecule has 4 heteroatoms. The number of aldehydes is 1. The number of aromatic nitrogens is 1. The summed E-state index contributed by atoms with van der Waals surface area (Å²) in [6.07, 6.45) is 3.25. The van der Waals surface area contributed by atoms with Crippen LogP contribution < -0.4 is 4.74 Å². The molecular formula is C15H26N2O2. The number of aryl methyl sites for hydroxylation is 1. The van der Waals surface area contributed by atoms with Crippen molar-refractivity contribution in [3.8, 4) is 5.88 Å². The van der Waals surface area contributed by atoms with Crippen LogP contribution in [0, 0.1) is 6.92 Å². The maximum atomic E-state index is 10.3. The molecule has 0 atom stereocenters. The quantitative estimate of drug-likeness (QED) is 0.742. The van der Waals surface area contributed by atoms with Gasteiger partial charge >= 0.3 is 0 Å². The summed E-state index contributed by atoms with van der Waals surface area (Å²) in [5.74, 6) is 0.479. The van der Waals surface area contributed by atoms with Crippen LogP contribution in [-0.4, -0.2) is 43.4 Å². The molecule has 0 radical (unpaired) electrons. The summed E-state index contributed by atoms with van der Waals surface area (Å²) in [5, 5.41) is 0. The van der Waals surface area contributed by atoms with Crippen LogP contribution in [0.15, 0.2) is 12.1 Å². The molecule has 0 saturated heterocycles. The van der Waals surface area contributed by atoms with E-state index in [1.54, 1.807) is 12.1 Å². The molecule has 1 rings (SSSR count). The summed E-state index contributed by atoms with van der Waals surface area (Å²) in [5.41, 5.74) is 1.38. The number of hydrogen-bond donors (Lipinski definition) is 0. The fourth-order valence-corrected chi connectivity index (χ4v) is 1.70. The lowest BCUT2D eigenvalue weighted by Gasteiger charge is -2.12. The van der Waals surface area contributed by atoms with Gasteiger partial charge in [-0.1, -0.05) is 13.8 Å². The van der Waals surface area contributed by atoms with E-state index in [9.17, 15) is 4.79 Å². The molecule has 0 N–H and O–H groups in total. The lowest BCUT2D eigenvalue weighted by Crippen LogP contribution is -2.19. The number of hydrogen-bond acceptors (Lipinski definition) is 4. The van der Waals surface area contributed by atoms with Gasteiger partial charge in [-0.3, -0.25) is 4.79 Å². The number of pyridine rings is 1. The smallest absolute Gasteiger partial charge is 0.213 e. The van der Waals surface area contributed by atoms with Gasteiger partial charge in [-0.05, 0) is 51.5 Å². The third-order valence-corrected chi connectivity index (χ3v) is 2.51. The lowest BCUT2D eigenvalue weighted by atomic mass is 10.2. The van der Waals surface area contributed by atoms with E-state index in [1.807, 2.05) is 6.92 Å². The summed E-state index contributed by atoms with van der Waals surface area (Å²) in [6, 6.07) is 3.47. The van der Waals surface area contributed by atoms with E-state index in [-0.39, 0.29) is 0 Å². The normalized spacial score (nSPS) is 9.79. The van der Waals surface area contributed by atoms with Crippen LogP contribution in [0.2, 0.25) is 0 Å². The Morgan fingerprint density at radius 3 is 2.26 bits per heavy atom. The van der Waals surface area contributed by atoms with Crippen molar-refractivity contribution < 1.29 is 9.53 Å². The third kappa shape index (κ3) is 8.32. The van der Waals surface area contributed by atoms with Gasteiger partial charge in [-0.25, -0.2) is 4.98 Å². The topological polar surface area (TPSA) is 42.4 Å². The predicted molar refractivity (Wildman–Crippen MR) is 79.0 cm³/mol. The van der Waals surface area contributed by atoms with Crippen molar-refractivity contribution in [2.45, 2.75) is 33.6 Å². The van der Waals surface area contributed by atoms with Crippen molar-refractivity contribution in [2.24, 2.45) is 0 Å². The Morgan fingerprint density at radius 1 is 1.26 bits per heavy atom. The van der Waals surface area contributed by atoms with Crippen LogP contribution >= 0.6 is 0 Å². The summed E-state index contributed by atoms with van der Waals surface area (Å²) >= 11 is 0. The monoisotopic (exact) mass is 266 g/mol.